The highest BCUT2D eigenvalue weighted by atomic mass is 16.5. The van der Waals surface area contributed by atoms with Gasteiger partial charge in [-0.25, -0.2) is 0 Å². The number of carbonyl (C=O) groups excluding carboxylic acids is 1. The third-order valence-corrected chi connectivity index (χ3v) is 5.41. The van der Waals surface area contributed by atoms with Gasteiger partial charge in [-0.3, -0.25) is 4.79 Å². The summed E-state index contributed by atoms with van der Waals surface area (Å²) in [6, 6.07) is 20.2. The van der Waals surface area contributed by atoms with E-state index in [9.17, 15) is 4.79 Å². The average Bonchev–Trinajstić information content (AvgIpc) is 3.27. The second kappa shape index (κ2) is 5.73. The first-order chi connectivity index (χ1) is 12.8. The summed E-state index contributed by atoms with van der Waals surface area (Å²) >= 11 is 0. The molecular formula is C23H19NO2. The van der Waals surface area contributed by atoms with Crippen molar-refractivity contribution in [2.45, 2.75) is 19.4 Å². The molecule has 1 aromatic heterocycles. The van der Waals surface area contributed by atoms with Gasteiger partial charge in [0.05, 0.1) is 12.7 Å². The molecule has 0 fully saturated rings. The Morgan fingerprint density at radius 1 is 1.00 bits per heavy atom. The predicted molar refractivity (Wildman–Crippen MR) is 104 cm³/mol. The van der Waals surface area contributed by atoms with E-state index in [1.165, 1.54) is 0 Å². The van der Waals surface area contributed by atoms with Gasteiger partial charge in [0.25, 0.3) is 0 Å². The third kappa shape index (κ3) is 2.17. The minimum Gasteiger partial charge on any atom is -0.497 e. The van der Waals surface area contributed by atoms with Gasteiger partial charge in [0.1, 0.15) is 5.75 Å². The number of hydrogen-bond acceptors (Lipinski definition) is 2. The predicted octanol–water partition coefficient (Wildman–Crippen LogP) is 4.98. The number of ether oxygens (including phenoxy) is 1. The topological polar surface area (TPSA) is 31.2 Å². The average molecular weight is 341 g/mol. The molecule has 0 unspecified atom stereocenters. The minimum atomic E-state index is 0.102. The molecule has 0 saturated carbocycles. The molecular weight excluding hydrogens is 322 g/mol. The van der Waals surface area contributed by atoms with Crippen LogP contribution in [0.3, 0.4) is 0 Å². The second-order valence-electron chi connectivity index (χ2n) is 6.85. The van der Waals surface area contributed by atoms with Gasteiger partial charge >= 0.3 is 0 Å². The summed E-state index contributed by atoms with van der Waals surface area (Å²) in [5.41, 5.74) is 3.87. The number of fused-ring (bicyclic) bond motifs is 4. The van der Waals surface area contributed by atoms with E-state index >= 15 is 0 Å². The monoisotopic (exact) mass is 341 g/mol. The van der Waals surface area contributed by atoms with Crippen molar-refractivity contribution in [2.24, 2.45) is 0 Å². The summed E-state index contributed by atoms with van der Waals surface area (Å²) in [5, 5.41) is 3.24. The van der Waals surface area contributed by atoms with Crippen molar-refractivity contribution in [3.05, 3.63) is 77.5 Å². The van der Waals surface area contributed by atoms with E-state index in [2.05, 4.69) is 22.8 Å². The Balaban J connectivity index is 1.73. The van der Waals surface area contributed by atoms with Crippen molar-refractivity contribution in [3.8, 4) is 5.75 Å². The molecule has 0 radical (unpaired) electrons. The molecule has 0 amide bonds. The molecule has 128 valence electrons. The summed E-state index contributed by atoms with van der Waals surface area (Å²) in [5.74, 6) is 0.888. The van der Waals surface area contributed by atoms with Gasteiger partial charge in [-0.15, -0.1) is 0 Å². The fourth-order valence-electron chi connectivity index (χ4n) is 4.16. The molecule has 0 bridgehead atoms. The molecule has 1 aliphatic rings. The van der Waals surface area contributed by atoms with Crippen molar-refractivity contribution in [2.75, 3.05) is 7.11 Å². The molecule has 4 aromatic rings. The van der Waals surface area contributed by atoms with Crippen molar-refractivity contribution >= 4 is 27.5 Å². The van der Waals surface area contributed by atoms with Crippen LogP contribution in [0.15, 0.2) is 60.7 Å². The van der Waals surface area contributed by atoms with Gasteiger partial charge in [0.15, 0.2) is 5.78 Å². The number of aromatic nitrogens is 1. The lowest BCUT2D eigenvalue weighted by molar-refractivity contribution is 0.103. The second-order valence-corrected chi connectivity index (χ2v) is 6.85. The van der Waals surface area contributed by atoms with Crippen LogP contribution in [0.5, 0.6) is 5.75 Å². The Hall–Kier alpha value is -3.07. The number of aryl methyl sites for hydroxylation is 1. The Labute approximate surface area is 151 Å². The number of nitrogens with zero attached hydrogens (tertiary/aromatic N) is 1. The first kappa shape index (κ1) is 15.2. The molecule has 2 heterocycles. The molecule has 0 atom stereocenters. The molecule has 3 heteroatoms. The normalized spacial score (nSPS) is 13.3. The lowest BCUT2D eigenvalue weighted by Gasteiger charge is -2.06. The van der Waals surface area contributed by atoms with Gasteiger partial charge in [-0.1, -0.05) is 36.4 Å². The molecule has 0 aliphatic carbocycles. The minimum absolute atomic E-state index is 0.102. The van der Waals surface area contributed by atoms with E-state index in [0.29, 0.717) is 0 Å². The Bertz CT molecular complexity index is 1170. The van der Waals surface area contributed by atoms with Gasteiger partial charge in [0, 0.05) is 28.7 Å². The van der Waals surface area contributed by atoms with E-state index < -0.39 is 0 Å². The third-order valence-electron chi connectivity index (χ3n) is 5.41. The van der Waals surface area contributed by atoms with Gasteiger partial charge in [0.2, 0.25) is 0 Å². The van der Waals surface area contributed by atoms with E-state index in [1.807, 2.05) is 42.5 Å². The molecule has 3 aromatic carbocycles. The van der Waals surface area contributed by atoms with Crippen LogP contribution in [-0.4, -0.2) is 17.5 Å². The smallest absolute Gasteiger partial charge is 0.195 e. The summed E-state index contributed by atoms with van der Waals surface area (Å²) in [4.78, 5) is 13.5. The van der Waals surface area contributed by atoms with E-state index in [-0.39, 0.29) is 5.78 Å². The summed E-state index contributed by atoms with van der Waals surface area (Å²) in [6.07, 6.45) is 2.04. The summed E-state index contributed by atoms with van der Waals surface area (Å²) in [7, 11) is 1.66. The maximum atomic E-state index is 13.5. The lowest BCUT2D eigenvalue weighted by atomic mass is 9.97. The Morgan fingerprint density at radius 2 is 1.85 bits per heavy atom. The van der Waals surface area contributed by atoms with Crippen LogP contribution < -0.4 is 4.74 Å². The van der Waals surface area contributed by atoms with Crippen molar-refractivity contribution in [1.29, 1.82) is 0 Å². The van der Waals surface area contributed by atoms with E-state index in [4.69, 9.17) is 4.74 Å². The highest BCUT2D eigenvalue weighted by Crippen LogP contribution is 2.35. The van der Waals surface area contributed by atoms with Gasteiger partial charge in [-0.2, -0.15) is 0 Å². The van der Waals surface area contributed by atoms with Crippen LogP contribution in [0.25, 0.3) is 21.7 Å². The molecule has 3 nitrogen and oxygen atoms in total. The molecule has 1 aliphatic heterocycles. The van der Waals surface area contributed by atoms with Gasteiger partial charge in [-0.05, 0) is 47.9 Å². The van der Waals surface area contributed by atoms with Gasteiger partial charge < -0.3 is 9.30 Å². The zero-order chi connectivity index (χ0) is 17.7. The Kier molecular flexibility index (Phi) is 3.35. The number of benzene rings is 3. The van der Waals surface area contributed by atoms with E-state index in [0.717, 1.165) is 63.6 Å². The van der Waals surface area contributed by atoms with Crippen molar-refractivity contribution in [1.82, 2.24) is 4.57 Å². The number of methoxy groups -OCH3 is 1. The molecule has 0 spiro atoms. The Morgan fingerprint density at radius 3 is 2.69 bits per heavy atom. The van der Waals surface area contributed by atoms with Crippen molar-refractivity contribution < 1.29 is 9.53 Å². The first-order valence-corrected chi connectivity index (χ1v) is 8.99. The zero-order valence-corrected chi connectivity index (χ0v) is 14.7. The molecule has 0 saturated heterocycles. The quantitative estimate of drug-likeness (QED) is 0.492. The standard InChI is InChI=1S/C23H19NO2/c1-26-18-10-11-20-19(14-18)22(21-7-4-12-24(20)21)23(25)17-9-8-15-5-2-3-6-16(15)13-17/h2-3,5-6,8-11,13-14H,4,7,12H2,1H3. The SMILES string of the molecule is COc1ccc2c(c1)c(C(=O)c1ccc3ccccc3c1)c1n2CCC1. The maximum absolute atomic E-state index is 13.5. The number of rotatable bonds is 3. The first-order valence-electron chi connectivity index (χ1n) is 8.99. The van der Waals surface area contributed by atoms with E-state index in [1.54, 1.807) is 7.11 Å². The fourth-order valence-corrected chi connectivity index (χ4v) is 4.16. The number of carbonyl (C=O) groups is 1. The largest absolute Gasteiger partial charge is 0.497 e. The fraction of sp³-hybridized carbons (Fsp3) is 0.174. The lowest BCUT2D eigenvalue weighted by Crippen LogP contribution is -2.04. The van der Waals surface area contributed by atoms with Crippen molar-refractivity contribution in [3.63, 3.8) is 0 Å². The highest BCUT2D eigenvalue weighted by Gasteiger charge is 2.26. The molecule has 0 N–H and O–H groups in total. The van der Waals surface area contributed by atoms with Crippen LogP contribution in [0, 0.1) is 0 Å². The number of ketones is 1. The van der Waals surface area contributed by atoms with Crippen LogP contribution in [-0.2, 0) is 13.0 Å². The van der Waals surface area contributed by atoms with Crippen LogP contribution in [0.2, 0.25) is 0 Å². The molecule has 5 rings (SSSR count). The van der Waals surface area contributed by atoms with Crippen LogP contribution in [0.4, 0.5) is 0 Å². The highest BCUT2D eigenvalue weighted by molar-refractivity contribution is 6.18. The summed E-state index contributed by atoms with van der Waals surface area (Å²) in [6.45, 7) is 0.975. The molecule has 26 heavy (non-hydrogen) atoms. The number of hydrogen-bond donors (Lipinski definition) is 0. The zero-order valence-electron chi connectivity index (χ0n) is 14.7. The summed E-state index contributed by atoms with van der Waals surface area (Å²) < 4.78 is 7.70. The van der Waals surface area contributed by atoms with Crippen LogP contribution in [0.1, 0.15) is 28.0 Å². The van der Waals surface area contributed by atoms with Crippen LogP contribution >= 0.6 is 0 Å². The maximum Gasteiger partial charge on any atom is 0.195 e.